The van der Waals surface area contributed by atoms with Crippen LogP contribution in [0, 0.1) is 17.3 Å². The molecule has 1 aliphatic rings. The summed E-state index contributed by atoms with van der Waals surface area (Å²) in [5.41, 5.74) is 4.79. The Hall–Kier alpha value is -1.26. The molecular weight excluding hydrogens is 230 g/mol. The van der Waals surface area contributed by atoms with Crippen molar-refractivity contribution >= 4 is 11.7 Å². The summed E-state index contributed by atoms with van der Waals surface area (Å²) in [6.45, 7) is 9.46. The van der Waals surface area contributed by atoms with Gasteiger partial charge in [-0.1, -0.05) is 25.9 Å². The van der Waals surface area contributed by atoms with Crippen LogP contribution in [0.25, 0.3) is 0 Å². The minimum absolute atomic E-state index is 0.000814. The standard InChI is InChI=1S/C13H25N3O2/c1-5-13(4,11(14)15-18)12(17)16-7-9(2)6-10(3)8-16/h9-10,18H,5-8H2,1-4H3,(H2,14,15). The van der Waals surface area contributed by atoms with Gasteiger partial charge in [0.1, 0.15) is 5.41 Å². The summed E-state index contributed by atoms with van der Waals surface area (Å²) < 4.78 is 0. The summed E-state index contributed by atoms with van der Waals surface area (Å²) in [6.07, 6.45) is 1.68. The van der Waals surface area contributed by atoms with Gasteiger partial charge in [0.05, 0.1) is 0 Å². The number of carbonyl (C=O) groups excluding carboxylic acids is 1. The molecule has 3 N–H and O–H groups in total. The fourth-order valence-corrected chi connectivity index (χ4v) is 2.73. The summed E-state index contributed by atoms with van der Waals surface area (Å²) in [5.74, 6) is 0.983. The fraction of sp³-hybridized carbons (Fsp3) is 0.846. The number of oxime groups is 1. The first-order chi connectivity index (χ1) is 8.35. The molecule has 0 saturated carbocycles. The predicted octanol–water partition coefficient (Wildman–Crippen LogP) is 1.65. The second-order valence-electron chi connectivity index (χ2n) is 5.83. The van der Waals surface area contributed by atoms with E-state index in [1.807, 2.05) is 11.8 Å². The van der Waals surface area contributed by atoms with Gasteiger partial charge in [0.2, 0.25) is 5.91 Å². The molecule has 5 nitrogen and oxygen atoms in total. The van der Waals surface area contributed by atoms with Crippen molar-refractivity contribution in [3.8, 4) is 0 Å². The van der Waals surface area contributed by atoms with Gasteiger partial charge in [0.15, 0.2) is 5.84 Å². The van der Waals surface area contributed by atoms with E-state index in [0.29, 0.717) is 18.3 Å². The summed E-state index contributed by atoms with van der Waals surface area (Å²) in [6, 6.07) is 0. The maximum atomic E-state index is 12.6. The Bertz CT molecular complexity index is 333. The summed E-state index contributed by atoms with van der Waals surface area (Å²) in [5, 5.41) is 11.9. The molecule has 0 radical (unpaired) electrons. The van der Waals surface area contributed by atoms with E-state index >= 15 is 0 Å². The lowest BCUT2D eigenvalue weighted by Gasteiger charge is -2.39. The average molecular weight is 255 g/mol. The van der Waals surface area contributed by atoms with Crippen LogP contribution in [0.4, 0.5) is 0 Å². The first-order valence-corrected chi connectivity index (χ1v) is 6.62. The molecule has 1 saturated heterocycles. The normalized spacial score (nSPS) is 28.9. The molecule has 0 bridgehead atoms. The van der Waals surface area contributed by atoms with Crippen LogP contribution in [0.2, 0.25) is 0 Å². The Morgan fingerprint density at radius 3 is 2.33 bits per heavy atom. The largest absolute Gasteiger partial charge is 0.409 e. The molecule has 0 aromatic heterocycles. The third-order valence-corrected chi connectivity index (χ3v) is 4.01. The quantitative estimate of drug-likeness (QED) is 0.348. The van der Waals surface area contributed by atoms with Crippen LogP contribution in [0.15, 0.2) is 5.16 Å². The van der Waals surface area contributed by atoms with Crippen molar-refractivity contribution in [3.05, 3.63) is 0 Å². The molecule has 1 rings (SSSR count). The maximum Gasteiger partial charge on any atom is 0.236 e. The molecule has 3 unspecified atom stereocenters. The third-order valence-electron chi connectivity index (χ3n) is 4.01. The SMILES string of the molecule is CCC(C)(C(=O)N1CC(C)CC(C)C1)C(N)=NO. The van der Waals surface area contributed by atoms with E-state index in [9.17, 15) is 4.79 Å². The van der Waals surface area contributed by atoms with Crippen molar-refractivity contribution in [3.63, 3.8) is 0 Å². The van der Waals surface area contributed by atoms with Gasteiger partial charge in [-0.15, -0.1) is 0 Å². The van der Waals surface area contributed by atoms with Crippen molar-refractivity contribution < 1.29 is 10.0 Å². The van der Waals surface area contributed by atoms with Crippen molar-refractivity contribution in [2.75, 3.05) is 13.1 Å². The highest BCUT2D eigenvalue weighted by atomic mass is 16.4. The second kappa shape index (κ2) is 5.59. The first kappa shape index (κ1) is 14.8. The number of amides is 1. The van der Waals surface area contributed by atoms with Gasteiger partial charge >= 0.3 is 0 Å². The topological polar surface area (TPSA) is 78.9 Å². The highest BCUT2D eigenvalue weighted by Gasteiger charge is 2.41. The molecule has 3 atom stereocenters. The van der Waals surface area contributed by atoms with Crippen LogP contribution in [-0.4, -0.2) is 34.9 Å². The molecular formula is C13H25N3O2. The fourth-order valence-electron chi connectivity index (χ4n) is 2.73. The molecule has 5 heteroatoms. The number of piperidine rings is 1. The highest BCUT2D eigenvalue weighted by Crippen LogP contribution is 2.29. The van der Waals surface area contributed by atoms with E-state index in [0.717, 1.165) is 19.5 Å². The van der Waals surface area contributed by atoms with Crippen LogP contribution in [0.5, 0.6) is 0 Å². The van der Waals surface area contributed by atoms with Gasteiger partial charge in [-0.3, -0.25) is 4.79 Å². The molecule has 0 aromatic carbocycles. The van der Waals surface area contributed by atoms with Crippen LogP contribution < -0.4 is 5.73 Å². The monoisotopic (exact) mass is 255 g/mol. The number of hydrogen-bond acceptors (Lipinski definition) is 3. The van der Waals surface area contributed by atoms with E-state index in [-0.39, 0.29) is 11.7 Å². The molecule has 0 spiro atoms. The molecule has 1 fully saturated rings. The molecule has 0 aromatic rings. The van der Waals surface area contributed by atoms with Crippen LogP contribution in [-0.2, 0) is 4.79 Å². The molecule has 1 amide bonds. The third kappa shape index (κ3) is 2.76. The Balaban J connectivity index is 2.91. The van der Waals surface area contributed by atoms with Crippen LogP contribution in [0.3, 0.4) is 0 Å². The Morgan fingerprint density at radius 1 is 1.44 bits per heavy atom. The number of likely N-dealkylation sites (tertiary alicyclic amines) is 1. The number of amidine groups is 1. The smallest absolute Gasteiger partial charge is 0.236 e. The lowest BCUT2D eigenvalue weighted by molar-refractivity contribution is -0.140. The number of nitrogens with two attached hydrogens (primary N) is 1. The van der Waals surface area contributed by atoms with Crippen LogP contribution in [0.1, 0.15) is 40.5 Å². The zero-order valence-electron chi connectivity index (χ0n) is 11.8. The summed E-state index contributed by atoms with van der Waals surface area (Å²) in [4.78, 5) is 14.5. The van der Waals surface area contributed by atoms with Crippen molar-refractivity contribution in [2.24, 2.45) is 28.1 Å². The number of rotatable bonds is 3. The number of hydrogen-bond donors (Lipinski definition) is 2. The van der Waals surface area contributed by atoms with Gasteiger partial charge in [-0.05, 0) is 31.6 Å². The minimum Gasteiger partial charge on any atom is -0.409 e. The average Bonchev–Trinajstić information content (AvgIpc) is 2.34. The van der Waals surface area contributed by atoms with E-state index in [4.69, 9.17) is 10.9 Å². The summed E-state index contributed by atoms with van der Waals surface area (Å²) >= 11 is 0. The molecule has 104 valence electrons. The summed E-state index contributed by atoms with van der Waals surface area (Å²) in [7, 11) is 0. The van der Waals surface area contributed by atoms with Crippen LogP contribution >= 0.6 is 0 Å². The van der Waals surface area contributed by atoms with Crippen molar-refractivity contribution in [1.82, 2.24) is 4.90 Å². The minimum atomic E-state index is -0.897. The van der Waals surface area contributed by atoms with Crippen molar-refractivity contribution in [1.29, 1.82) is 0 Å². The molecule has 1 aliphatic heterocycles. The Labute approximate surface area is 109 Å². The number of carbonyl (C=O) groups is 1. The van der Waals surface area contributed by atoms with E-state index in [1.165, 1.54) is 0 Å². The van der Waals surface area contributed by atoms with Gasteiger partial charge in [0, 0.05) is 13.1 Å². The van der Waals surface area contributed by atoms with Crippen molar-refractivity contribution in [2.45, 2.75) is 40.5 Å². The van der Waals surface area contributed by atoms with Gasteiger partial charge in [-0.2, -0.15) is 0 Å². The molecule has 18 heavy (non-hydrogen) atoms. The van der Waals surface area contributed by atoms with Gasteiger partial charge in [0.25, 0.3) is 0 Å². The predicted molar refractivity (Wildman–Crippen MR) is 71.3 cm³/mol. The Kier molecular flexibility index (Phi) is 4.59. The zero-order chi connectivity index (χ0) is 13.9. The lowest BCUT2D eigenvalue weighted by Crippen LogP contribution is -2.53. The van der Waals surface area contributed by atoms with Gasteiger partial charge in [-0.25, -0.2) is 0 Å². The van der Waals surface area contributed by atoms with E-state index < -0.39 is 5.41 Å². The number of nitrogens with zero attached hydrogens (tertiary/aromatic N) is 2. The maximum absolute atomic E-state index is 12.6. The molecule has 0 aliphatic carbocycles. The second-order valence-corrected chi connectivity index (χ2v) is 5.83. The lowest BCUT2D eigenvalue weighted by atomic mass is 9.82. The van der Waals surface area contributed by atoms with E-state index in [1.54, 1.807) is 6.92 Å². The highest BCUT2D eigenvalue weighted by molar-refractivity contribution is 6.06. The van der Waals surface area contributed by atoms with E-state index in [2.05, 4.69) is 19.0 Å². The Morgan fingerprint density at radius 2 is 1.94 bits per heavy atom. The first-order valence-electron chi connectivity index (χ1n) is 6.62. The zero-order valence-corrected chi connectivity index (χ0v) is 11.8. The molecule has 1 heterocycles. The van der Waals surface area contributed by atoms with Gasteiger partial charge < -0.3 is 15.8 Å².